The standard InChI is InChI=1S/C17H13N5OS/c1-11-7-5-6-10-13(11)14-19-20-17-22(14)21-16(24-17)18-15(23)12-8-3-2-4-9-12/h2-10H,1H3,(H,18,21,23). The number of rotatable bonds is 3. The summed E-state index contributed by atoms with van der Waals surface area (Å²) in [5.74, 6) is 0.470. The number of benzene rings is 2. The van der Waals surface area contributed by atoms with Gasteiger partial charge in [0.25, 0.3) is 5.91 Å². The van der Waals surface area contributed by atoms with E-state index in [1.165, 1.54) is 11.3 Å². The van der Waals surface area contributed by atoms with E-state index in [-0.39, 0.29) is 5.91 Å². The molecule has 4 aromatic rings. The summed E-state index contributed by atoms with van der Waals surface area (Å²) in [6, 6.07) is 17.0. The maximum absolute atomic E-state index is 12.2. The fourth-order valence-corrected chi connectivity index (χ4v) is 3.15. The molecule has 0 saturated heterocycles. The Morgan fingerprint density at radius 3 is 2.58 bits per heavy atom. The predicted octanol–water partition coefficient (Wildman–Crippen LogP) is 3.41. The van der Waals surface area contributed by atoms with Gasteiger partial charge in [-0.3, -0.25) is 10.1 Å². The Hall–Kier alpha value is -3.06. The number of anilines is 1. The van der Waals surface area contributed by atoms with Crippen LogP contribution in [0.25, 0.3) is 16.3 Å². The van der Waals surface area contributed by atoms with Gasteiger partial charge in [0.1, 0.15) is 0 Å². The lowest BCUT2D eigenvalue weighted by Gasteiger charge is -2.02. The predicted molar refractivity (Wildman–Crippen MR) is 93.2 cm³/mol. The lowest BCUT2D eigenvalue weighted by molar-refractivity contribution is 0.102. The highest BCUT2D eigenvalue weighted by molar-refractivity contribution is 7.20. The first-order valence-electron chi connectivity index (χ1n) is 7.37. The zero-order chi connectivity index (χ0) is 16.5. The normalized spacial score (nSPS) is 10.9. The average molecular weight is 335 g/mol. The minimum atomic E-state index is -0.196. The lowest BCUT2D eigenvalue weighted by Crippen LogP contribution is -2.11. The van der Waals surface area contributed by atoms with E-state index in [9.17, 15) is 4.79 Å². The minimum absolute atomic E-state index is 0.196. The number of carbonyl (C=O) groups excluding carboxylic acids is 1. The third-order valence-corrected chi connectivity index (χ3v) is 4.45. The van der Waals surface area contributed by atoms with Gasteiger partial charge in [-0.05, 0) is 24.6 Å². The number of hydrogen-bond acceptors (Lipinski definition) is 5. The summed E-state index contributed by atoms with van der Waals surface area (Å²) in [5, 5.41) is 16.1. The molecule has 0 atom stereocenters. The number of aryl methyl sites for hydroxylation is 1. The van der Waals surface area contributed by atoms with Crippen LogP contribution >= 0.6 is 11.3 Å². The van der Waals surface area contributed by atoms with Gasteiger partial charge in [0, 0.05) is 11.1 Å². The van der Waals surface area contributed by atoms with Gasteiger partial charge in [-0.15, -0.1) is 15.3 Å². The van der Waals surface area contributed by atoms with Crippen LogP contribution in [0.2, 0.25) is 0 Å². The molecule has 0 bridgehead atoms. The Balaban J connectivity index is 1.68. The molecule has 0 saturated carbocycles. The van der Waals surface area contributed by atoms with E-state index in [1.54, 1.807) is 16.6 Å². The van der Waals surface area contributed by atoms with Crippen molar-refractivity contribution in [2.24, 2.45) is 0 Å². The van der Waals surface area contributed by atoms with Crippen molar-refractivity contribution in [2.75, 3.05) is 5.32 Å². The number of fused-ring (bicyclic) bond motifs is 1. The first kappa shape index (κ1) is 14.5. The lowest BCUT2D eigenvalue weighted by atomic mass is 10.1. The van der Waals surface area contributed by atoms with E-state index in [2.05, 4.69) is 20.6 Å². The molecule has 2 aromatic heterocycles. The highest BCUT2D eigenvalue weighted by atomic mass is 32.1. The summed E-state index contributed by atoms with van der Waals surface area (Å²) in [7, 11) is 0. The van der Waals surface area contributed by atoms with E-state index in [1.807, 2.05) is 49.4 Å². The summed E-state index contributed by atoms with van der Waals surface area (Å²) in [4.78, 5) is 12.9. The number of nitrogens with zero attached hydrogens (tertiary/aromatic N) is 4. The topological polar surface area (TPSA) is 72.2 Å². The summed E-state index contributed by atoms with van der Waals surface area (Å²) in [5.41, 5.74) is 2.65. The van der Waals surface area contributed by atoms with Gasteiger partial charge in [0.15, 0.2) is 5.82 Å². The summed E-state index contributed by atoms with van der Waals surface area (Å²) in [6.07, 6.45) is 0. The molecule has 0 spiro atoms. The van der Waals surface area contributed by atoms with E-state index in [0.29, 0.717) is 21.5 Å². The minimum Gasteiger partial charge on any atom is -0.296 e. The van der Waals surface area contributed by atoms with E-state index in [0.717, 1.165) is 11.1 Å². The van der Waals surface area contributed by atoms with Crippen LogP contribution in [0.4, 0.5) is 5.13 Å². The molecule has 0 aliphatic rings. The van der Waals surface area contributed by atoms with Gasteiger partial charge in [-0.25, -0.2) is 0 Å². The molecule has 2 aromatic carbocycles. The zero-order valence-corrected chi connectivity index (χ0v) is 13.6. The summed E-state index contributed by atoms with van der Waals surface area (Å²) < 4.78 is 1.66. The molecule has 0 aliphatic carbocycles. The monoisotopic (exact) mass is 335 g/mol. The number of amides is 1. The number of aromatic nitrogens is 4. The molecule has 4 rings (SSSR count). The first-order valence-corrected chi connectivity index (χ1v) is 8.18. The largest absolute Gasteiger partial charge is 0.296 e. The summed E-state index contributed by atoms with van der Waals surface area (Å²) in [6.45, 7) is 2.01. The molecule has 0 aliphatic heterocycles. The Bertz CT molecular complexity index is 1020. The van der Waals surface area contributed by atoms with Crippen LogP contribution in [0.3, 0.4) is 0 Å². The highest BCUT2D eigenvalue weighted by Gasteiger charge is 2.16. The zero-order valence-electron chi connectivity index (χ0n) is 12.8. The van der Waals surface area contributed by atoms with Crippen LogP contribution in [0.5, 0.6) is 0 Å². The van der Waals surface area contributed by atoms with Gasteiger partial charge in [-0.2, -0.15) is 4.52 Å². The third-order valence-electron chi connectivity index (χ3n) is 3.63. The Morgan fingerprint density at radius 1 is 1.04 bits per heavy atom. The van der Waals surface area contributed by atoms with Crippen LogP contribution < -0.4 is 5.32 Å². The second-order valence-corrected chi connectivity index (χ2v) is 6.22. The van der Waals surface area contributed by atoms with Crippen LogP contribution in [0, 0.1) is 6.92 Å². The van der Waals surface area contributed by atoms with Crippen molar-refractivity contribution in [3.05, 3.63) is 65.7 Å². The molecule has 1 N–H and O–H groups in total. The molecular weight excluding hydrogens is 322 g/mol. The van der Waals surface area contributed by atoms with E-state index in [4.69, 9.17) is 0 Å². The van der Waals surface area contributed by atoms with E-state index < -0.39 is 0 Å². The second-order valence-electron chi connectivity index (χ2n) is 5.26. The Kier molecular flexibility index (Phi) is 3.55. The average Bonchev–Trinajstić information content (AvgIpc) is 3.16. The van der Waals surface area contributed by atoms with Crippen LogP contribution in [0.1, 0.15) is 15.9 Å². The Labute approximate surface area is 141 Å². The Morgan fingerprint density at radius 2 is 1.79 bits per heavy atom. The number of carbonyl (C=O) groups is 1. The first-order chi connectivity index (χ1) is 11.7. The maximum atomic E-state index is 12.2. The molecule has 7 heteroatoms. The van der Waals surface area contributed by atoms with Crippen molar-refractivity contribution in [1.29, 1.82) is 0 Å². The molecule has 0 unspecified atom stereocenters. The van der Waals surface area contributed by atoms with Crippen LogP contribution in [-0.4, -0.2) is 25.7 Å². The van der Waals surface area contributed by atoms with Gasteiger partial charge in [0.05, 0.1) is 0 Å². The smallest absolute Gasteiger partial charge is 0.257 e. The third kappa shape index (κ3) is 2.55. The van der Waals surface area contributed by atoms with Crippen LogP contribution in [0.15, 0.2) is 54.6 Å². The van der Waals surface area contributed by atoms with Crippen molar-refractivity contribution in [2.45, 2.75) is 6.92 Å². The van der Waals surface area contributed by atoms with Crippen molar-refractivity contribution < 1.29 is 4.79 Å². The van der Waals surface area contributed by atoms with Gasteiger partial charge in [-0.1, -0.05) is 53.8 Å². The maximum Gasteiger partial charge on any atom is 0.257 e. The molecule has 0 radical (unpaired) electrons. The summed E-state index contributed by atoms with van der Waals surface area (Å²) >= 11 is 1.29. The molecular formula is C17H13N5OS. The SMILES string of the molecule is Cc1ccccc1-c1nnc2sc(NC(=O)c3ccccc3)nn12. The van der Waals surface area contributed by atoms with Crippen molar-refractivity contribution in [3.8, 4) is 11.4 Å². The number of hydrogen-bond donors (Lipinski definition) is 1. The van der Waals surface area contributed by atoms with Crippen molar-refractivity contribution in [3.63, 3.8) is 0 Å². The molecule has 118 valence electrons. The molecule has 2 heterocycles. The molecule has 24 heavy (non-hydrogen) atoms. The molecule has 0 fully saturated rings. The fourth-order valence-electron chi connectivity index (χ4n) is 2.42. The van der Waals surface area contributed by atoms with Crippen LogP contribution in [-0.2, 0) is 0 Å². The fraction of sp³-hybridized carbons (Fsp3) is 0.0588. The molecule has 6 nitrogen and oxygen atoms in total. The highest BCUT2D eigenvalue weighted by Crippen LogP contribution is 2.26. The van der Waals surface area contributed by atoms with Gasteiger partial charge in [0.2, 0.25) is 10.1 Å². The second kappa shape index (κ2) is 5.86. The van der Waals surface area contributed by atoms with E-state index >= 15 is 0 Å². The molecule has 1 amide bonds. The quantitative estimate of drug-likeness (QED) is 0.623. The number of nitrogens with one attached hydrogen (secondary N) is 1. The van der Waals surface area contributed by atoms with Gasteiger partial charge >= 0.3 is 0 Å². The van der Waals surface area contributed by atoms with Crippen molar-refractivity contribution in [1.82, 2.24) is 19.8 Å². The van der Waals surface area contributed by atoms with Gasteiger partial charge < -0.3 is 0 Å². The van der Waals surface area contributed by atoms with Crippen molar-refractivity contribution >= 4 is 27.3 Å².